The summed E-state index contributed by atoms with van der Waals surface area (Å²) in [5.74, 6) is -2.77. The second kappa shape index (κ2) is 10.5. The van der Waals surface area contributed by atoms with Crippen LogP contribution in [0.25, 0.3) is 0 Å². The average molecular weight is 435 g/mol. The topological polar surface area (TPSA) is 106 Å². The van der Waals surface area contributed by atoms with Crippen LogP contribution in [0.1, 0.15) is 15.9 Å². The number of carbonyl (C=O) groups is 3. The van der Waals surface area contributed by atoms with Crippen molar-refractivity contribution in [2.24, 2.45) is 5.10 Å². The van der Waals surface area contributed by atoms with E-state index < -0.39 is 23.6 Å². The third-order valence-corrected chi connectivity index (χ3v) is 4.13. The molecule has 32 heavy (non-hydrogen) atoms. The van der Waals surface area contributed by atoms with E-state index in [2.05, 4.69) is 15.8 Å². The highest BCUT2D eigenvalue weighted by Gasteiger charge is 2.15. The predicted molar refractivity (Wildman–Crippen MR) is 115 cm³/mol. The summed E-state index contributed by atoms with van der Waals surface area (Å²) < 4.78 is 23.9. The standard InChI is InChI=1S/C23H18FN3O5/c1-31-20-9-5-4-8-19(20)26-21(28)22(29)27-25-14-15-10-12-16(13-11-15)32-23(30)17-6-2-3-7-18(17)24/h2-14H,1H3,(H,26,28)(H,27,29)/b25-14+. The molecule has 0 spiro atoms. The molecule has 2 N–H and O–H groups in total. The van der Waals surface area contributed by atoms with Crippen LogP contribution in [0.15, 0.2) is 77.9 Å². The Morgan fingerprint density at radius 1 is 0.906 bits per heavy atom. The minimum absolute atomic E-state index is 0.174. The van der Waals surface area contributed by atoms with Gasteiger partial charge in [-0.2, -0.15) is 5.10 Å². The first-order valence-electron chi connectivity index (χ1n) is 9.32. The van der Waals surface area contributed by atoms with Gasteiger partial charge in [0.1, 0.15) is 17.3 Å². The zero-order chi connectivity index (χ0) is 22.9. The quantitative estimate of drug-likeness (QED) is 0.203. The summed E-state index contributed by atoms with van der Waals surface area (Å²) in [6, 6.07) is 18.2. The summed E-state index contributed by atoms with van der Waals surface area (Å²) in [7, 11) is 1.45. The Morgan fingerprint density at radius 3 is 2.31 bits per heavy atom. The van der Waals surface area contributed by atoms with Crippen LogP contribution in [0, 0.1) is 5.82 Å². The number of amides is 2. The molecular formula is C23H18FN3O5. The van der Waals surface area contributed by atoms with Crippen LogP contribution in [0.3, 0.4) is 0 Å². The Hall–Kier alpha value is -4.53. The van der Waals surface area contributed by atoms with E-state index in [9.17, 15) is 18.8 Å². The number of nitrogens with zero attached hydrogens (tertiary/aromatic N) is 1. The molecule has 3 aromatic rings. The van der Waals surface area contributed by atoms with E-state index in [0.29, 0.717) is 17.0 Å². The zero-order valence-corrected chi connectivity index (χ0v) is 16.9. The Bertz CT molecular complexity index is 1160. The van der Waals surface area contributed by atoms with Crippen LogP contribution in [0.2, 0.25) is 0 Å². The van der Waals surface area contributed by atoms with E-state index in [-0.39, 0.29) is 11.3 Å². The summed E-state index contributed by atoms with van der Waals surface area (Å²) in [4.78, 5) is 35.9. The average Bonchev–Trinajstić information content (AvgIpc) is 2.80. The van der Waals surface area contributed by atoms with Gasteiger partial charge in [-0.25, -0.2) is 14.6 Å². The van der Waals surface area contributed by atoms with Crippen molar-refractivity contribution in [1.29, 1.82) is 0 Å². The SMILES string of the molecule is COc1ccccc1NC(=O)C(=O)N/N=C/c1ccc(OC(=O)c2ccccc2F)cc1. The van der Waals surface area contributed by atoms with Crippen LogP contribution < -0.4 is 20.2 Å². The van der Waals surface area contributed by atoms with E-state index in [0.717, 1.165) is 0 Å². The Morgan fingerprint density at radius 2 is 1.59 bits per heavy atom. The number of methoxy groups -OCH3 is 1. The van der Waals surface area contributed by atoms with Crippen LogP contribution in [-0.2, 0) is 9.59 Å². The van der Waals surface area contributed by atoms with Gasteiger partial charge in [0.25, 0.3) is 0 Å². The lowest BCUT2D eigenvalue weighted by molar-refractivity contribution is -0.136. The molecule has 3 rings (SSSR count). The van der Waals surface area contributed by atoms with E-state index in [1.54, 1.807) is 36.4 Å². The molecule has 0 aliphatic carbocycles. The van der Waals surface area contributed by atoms with Crippen molar-refractivity contribution >= 4 is 29.7 Å². The first kappa shape index (κ1) is 22.2. The fourth-order valence-corrected chi connectivity index (χ4v) is 2.55. The van der Waals surface area contributed by atoms with Crippen LogP contribution >= 0.6 is 0 Å². The van der Waals surface area contributed by atoms with Gasteiger partial charge in [-0.15, -0.1) is 0 Å². The lowest BCUT2D eigenvalue weighted by Crippen LogP contribution is -2.32. The highest BCUT2D eigenvalue weighted by atomic mass is 19.1. The third-order valence-electron chi connectivity index (χ3n) is 4.13. The van der Waals surface area contributed by atoms with Crippen molar-refractivity contribution in [3.05, 3.63) is 89.7 Å². The fraction of sp³-hybridized carbons (Fsp3) is 0.0435. The first-order chi connectivity index (χ1) is 15.5. The number of para-hydroxylation sites is 2. The van der Waals surface area contributed by atoms with E-state index >= 15 is 0 Å². The lowest BCUT2D eigenvalue weighted by atomic mass is 10.2. The first-order valence-corrected chi connectivity index (χ1v) is 9.32. The number of carbonyl (C=O) groups excluding carboxylic acids is 3. The molecule has 9 heteroatoms. The molecule has 0 saturated carbocycles. The Balaban J connectivity index is 1.53. The number of benzene rings is 3. The Labute approximate surface area is 182 Å². The maximum atomic E-state index is 13.6. The summed E-state index contributed by atoms with van der Waals surface area (Å²) in [6.45, 7) is 0. The molecule has 0 aliphatic rings. The smallest absolute Gasteiger partial charge is 0.346 e. The van der Waals surface area contributed by atoms with Crippen LogP contribution in [-0.4, -0.2) is 31.1 Å². The Kier molecular flexibility index (Phi) is 7.26. The van der Waals surface area contributed by atoms with Crippen molar-refractivity contribution in [2.75, 3.05) is 12.4 Å². The van der Waals surface area contributed by atoms with Crippen LogP contribution in [0.4, 0.5) is 10.1 Å². The van der Waals surface area contributed by atoms with Gasteiger partial charge in [-0.3, -0.25) is 9.59 Å². The zero-order valence-electron chi connectivity index (χ0n) is 16.9. The molecule has 0 heterocycles. The maximum Gasteiger partial charge on any atom is 0.346 e. The number of halogens is 1. The summed E-state index contributed by atoms with van der Waals surface area (Å²) in [6.07, 6.45) is 1.30. The molecule has 0 bridgehead atoms. The van der Waals surface area contributed by atoms with E-state index in [1.165, 1.54) is 49.7 Å². The molecule has 0 aromatic heterocycles. The van der Waals surface area contributed by atoms with Gasteiger partial charge < -0.3 is 14.8 Å². The normalized spacial score (nSPS) is 10.4. The number of hydrogen-bond acceptors (Lipinski definition) is 6. The monoisotopic (exact) mass is 435 g/mol. The molecule has 3 aromatic carbocycles. The molecule has 2 amide bonds. The maximum absolute atomic E-state index is 13.6. The van der Waals surface area contributed by atoms with Gasteiger partial charge in [0.15, 0.2) is 0 Å². The van der Waals surface area contributed by atoms with Gasteiger partial charge in [-0.05, 0) is 54.1 Å². The van der Waals surface area contributed by atoms with Gasteiger partial charge in [-0.1, -0.05) is 24.3 Å². The molecule has 0 radical (unpaired) electrons. The highest BCUT2D eigenvalue weighted by molar-refractivity contribution is 6.39. The van der Waals surface area contributed by atoms with E-state index in [4.69, 9.17) is 9.47 Å². The number of hydrogen-bond donors (Lipinski definition) is 2. The minimum atomic E-state index is -0.970. The summed E-state index contributed by atoms with van der Waals surface area (Å²) >= 11 is 0. The number of esters is 1. The number of nitrogens with one attached hydrogen (secondary N) is 2. The second-order valence-corrected chi connectivity index (χ2v) is 6.29. The number of hydrazone groups is 1. The van der Waals surface area contributed by atoms with E-state index in [1.807, 2.05) is 0 Å². The molecule has 162 valence electrons. The van der Waals surface area contributed by atoms with Crippen molar-refractivity contribution in [1.82, 2.24) is 5.43 Å². The van der Waals surface area contributed by atoms with Gasteiger partial charge >= 0.3 is 17.8 Å². The van der Waals surface area contributed by atoms with Crippen molar-refractivity contribution in [3.63, 3.8) is 0 Å². The second-order valence-electron chi connectivity index (χ2n) is 6.29. The number of rotatable bonds is 6. The molecule has 0 unspecified atom stereocenters. The molecular weight excluding hydrogens is 417 g/mol. The van der Waals surface area contributed by atoms with Gasteiger partial charge in [0.2, 0.25) is 0 Å². The third kappa shape index (κ3) is 5.76. The largest absolute Gasteiger partial charge is 0.495 e. The molecule has 0 fully saturated rings. The van der Waals surface area contributed by atoms with Gasteiger partial charge in [0, 0.05) is 0 Å². The number of anilines is 1. The molecule has 0 aliphatic heterocycles. The van der Waals surface area contributed by atoms with Crippen LogP contribution in [0.5, 0.6) is 11.5 Å². The van der Waals surface area contributed by atoms with Crippen molar-refractivity contribution < 1.29 is 28.2 Å². The van der Waals surface area contributed by atoms with Crippen molar-refractivity contribution in [2.45, 2.75) is 0 Å². The summed E-state index contributed by atoms with van der Waals surface area (Å²) in [5.41, 5.74) is 2.84. The predicted octanol–water partition coefficient (Wildman–Crippen LogP) is 3.14. The highest BCUT2D eigenvalue weighted by Crippen LogP contribution is 2.22. The van der Waals surface area contributed by atoms with Crippen molar-refractivity contribution in [3.8, 4) is 11.5 Å². The lowest BCUT2D eigenvalue weighted by Gasteiger charge is -2.08. The molecule has 8 nitrogen and oxygen atoms in total. The number of ether oxygens (including phenoxy) is 2. The summed E-state index contributed by atoms with van der Waals surface area (Å²) in [5, 5.41) is 6.15. The van der Waals surface area contributed by atoms with Gasteiger partial charge in [0.05, 0.1) is 24.6 Å². The fourth-order valence-electron chi connectivity index (χ4n) is 2.55. The molecule has 0 saturated heterocycles. The molecule has 0 atom stereocenters. The minimum Gasteiger partial charge on any atom is -0.495 e.